The Morgan fingerprint density at radius 1 is 1.16 bits per heavy atom. The van der Waals surface area contributed by atoms with Gasteiger partial charge in [-0.15, -0.1) is 0 Å². The van der Waals surface area contributed by atoms with Crippen LogP contribution in [0.3, 0.4) is 0 Å². The van der Waals surface area contributed by atoms with Crippen LogP contribution in [0.4, 0.5) is 0 Å². The lowest BCUT2D eigenvalue weighted by molar-refractivity contribution is 0.0844. The van der Waals surface area contributed by atoms with Gasteiger partial charge in [-0.1, -0.05) is 17.3 Å². The molecule has 1 atom stereocenters. The second-order valence-electron chi connectivity index (χ2n) is 6.98. The van der Waals surface area contributed by atoms with E-state index in [0.717, 1.165) is 38.5 Å². The number of benzene rings is 1. The Morgan fingerprint density at radius 2 is 1.92 bits per heavy atom. The van der Waals surface area contributed by atoms with Gasteiger partial charge in [0.25, 0.3) is 0 Å². The highest BCUT2D eigenvalue weighted by Gasteiger charge is 2.25. The van der Waals surface area contributed by atoms with Gasteiger partial charge in [0.05, 0.1) is 12.1 Å². The summed E-state index contributed by atoms with van der Waals surface area (Å²) in [7, 11) is 0. The first kappa shape index (κ1) is 17.9. The van der Waals surface area contributed by atoms with Crippen molar-refractivity contribution in [3.8, 4) is 5.75 Å². The van der Waals surface area contributed by atoms with Gasteiger partial charge in [-0.3, -0.25) is 9.80 Å². The summed E-state index contributed by atoms with van der Waals surface area (Å²) in [4.78, 5) is 9.25. The molecule has 0 unspecified atom stereocenters. The first-order chi connectivity index (χ1) is 12.0. The molecule has 2 heterocycles. The van der Waals surface area contributed by atoms with Gasteiger partial charge in [-0.2, -0.15) is 4.98 Å². The molecule has 0 amide bonds. The number of nitrogens with zero attached hydrogens (tertiary/aromatic N) is 4. The molecule has 6 heteroatoms. The van der Waals surface area contributed by atoms with Crippen molar-refractivity contribution in [2.75, 3.05) is 26.2 Å². The minimum Gasteiger partial charge on any atom is -0.491 e. The number of rotatable bonds is 6. The quantitative estimate of drug-likeness (QED) is 0.803. The lowest BCUT2D eigenvalue weighted by Gasteiger charge is -2.36. The predicted molar refractivity (Wildman–Crippen MR) is 96.5 cm³/mol. The molecule has 1 aromatic heterocycles. The Labute approximate surface area is 149 Å². The fourth-order valence-electron chi connectivity index (χ4n) is 3.20. The van der Waals surface area contributed by atoms with E-state index in [-0.39, 0.29) is 12.1 Å². The minimum atomic E-state index is 0.172. The van der Waals surface area contributed by atoms with E-state index >= 15 is 0 Å². The Hall–Kier alpha value is -1.92. The molecule has 0 N–H and O–H groups in total. The van der Waals surface area contributed by atoms with Gasteiger partial charge in [-0.05, 0) is 45.4 Å². The van der Waals surface area contributed by atoms with Crippen LogP contribution in [0.1, 0.15) is 44.1 Å². The second-order valence-corrected chi connectivity index (χ2v) is 6.98. The highest BCUT2D eigenvalue weighted by molar-refractivity contribution is 5.28. The predicted octanol–water partition coefficient (Wildman–Crippen LogP) is 3.04. The van der Waals surface area contributed by atoms with E-state index < -0.39 is 0 Å². The molecular formula is C19H28N4O2. The van der Waals surface area contributed by atoms with Crippen LogP contribution in [0.2, 0.25) is 0 Å². The molecule has 136 valence electrons. The number of aromatic nitrogens is 2. The van der Waals surface area contributed by atoms with Gasteiger partial charge >= 0.3 is 0 Å². The average molecular weight is 344 g/mol. The van der Waals surface area contributed by atoms with Gasteiger partial charge < -0.3 is 9.26 Å². The Balaban J connectivity index is 1.52. The minimum absolute atomic E-state index is 0.172. The first-order valence-corrected chi connectivity index (χ1v) is 9.03. The SMILES string of the molecule is Cc1noc([C@H](C)N2CCN(Cc3cccc(OC(C)C)c3)CC2)n1. The molecule has 1 saturated heterocycles. The van der Waals surface area contributed by atoms with Crippen LogP contribution >= 0.6 is 0 Å². The molecule has 1 aromatic carbocycles. The topological polar surface area (TPSA) is 54.6 Å². The standard InChI is InChI=1S/C19H28N4O2/c1-14(2)24-18-7-5-6-17(12-18)13-22-8-10-23(11-9-22)15(3)19-20-16(4)21-25-19/h5-7,12,14-15H,8-11,13H2,1-4H3/t15-/m0/s1. The zero-order valence-electron chi connectivity index (χ0n) is 15.6. The van der Waals surface area contributed by atoms with Crippen molar-refractivity contribution >= 4 is 0 Å². The number of aryl methyl sites for hydroxylation is 1. The summed E-state index contributed by atoms with van der Waals surface area (Å²) in [5.41, 5.74) is 1.30. The summed E-state index contributed by atoms with van der Waals surface area (Å²) in [5.74, 6) is 2.36. The summed E-state index contributed by atoms with van der Waals surface area (Å²) < 4.78 is 11.1. The van der Waals surface area contributed by atoms with Crippen molar-refractivity contribution in [3.63, 3.8) is 0 Å². The van der Waals surface area contributed by atoms with Gasteiger partial charge in [0.2, 0.25) is 5.89 Å². The summed E-state index contributed by atoms with van der Waals surface area (Å²) in [6.45, 7) is 13.1. The molecule has 0 radical (unpaired) electrons. The van der Waals surface area contributed by atoms with Crippen LogP contribution in [0.15, 0.2) is 28.8 Å². The van der Waals surface area contributed by atoms with Gasteiger partial charge in [0.15, 0.2) is 5.82 Å². The lowest BCUT2D eigenvalue weighted by Crippen LogP contribution is -2.46. The smallest absolute Gasteiger partial charge is 0.243 e. The molecule has 0 bridgehead atoms. The van der Waals surface area contributed by atoms with E-state index in [1.165, 1.54) is 5.56 Å². The number of hydrogen-bond acceptors (Lipinski definition) is 6. The van der Waals surface area contributed by atoms with E-state index in [1.54, 1.807) is 0 Å². The van der Waals surface area contributed by atoms with Crippen LogP contribution in [-0.2, 0) is 6.54 Å². The molecule has 1 fully saturated rings. The Bertz CT molecular complexity index is 678. The summed E-state index contributed by atoms with van der Waals surface area (Å²) in [6.07, 6.45) is 0.202. The molecular weight excluding hydrogens is 316 g/mol. The fraction of sp³-hybridized carbons (Fsp3) is 0.579. The van der Waals surface area contributed by atoms with Crippen molar-refractivity contribution in [2.24, 2.45) is 0 Å². The van der Waals surface area contributed by atoms with Gasteiger partial charge in [0, 0.05) is 32.7 Å². The van der Waals surface area contributed by atoms with Gasteiger partial charge in [0.1, 0.15) is 5.75 Å². The molecule has 1 aliphatic rings. The van der Waals surface area contributed by atoms with Crippen molar-refractivity contribution in [1.82, 2.24) is 19.9 Å². The molecule has 0 aliphatic carbocycles. The number of piperazine rings is 1. The van der Waals surface area contributed by atoms with E-state index in [1.807, 2.05) is 13.0 Å². The number of ether oxygens (including phenoxy) is 1. The zero-order chi connectivity index (χ0) is 17.8. The maximum Gasteiger partial charge on any atom is 0.243 e. The third kappa shape index (κ3) is 4.80. The normalized spacial score (nSPS) is 17.8. The summed E-state index contributed by atoms with van der Waals surface area (Å²) in [6, 6.07) is 8.59. The van der Waals surface area contributed by atoms with Crippen LogP contribution in [0.25, 0.3) is 0 Å². The first-order valence-electron chi connectivity index (χ1n) is 9.03. The molecule has 3 rings (SSSR count). The number of hydrogen-bond donors (Lipinski definition) is 0. The van der Waals surface area contributed by atoms with Crippen molar-refractivity contribution in [1.29, 1.82) is 0 Å². The molecule has 0 saturated carbocycles. The van der Waals surface area contributed by atoms with Crippen molar-refractivity contribution in [3.05, 3.63) is 41.5 Å². The Morgan fingerprint density at radius 3 is 2.56 bits per heavy atom. The molecule has 0 spiro atoms. The maximum absolute atomic E-state index is 5.79. The van der Waals surface area contributed by atoms with E-state index in [4.69, 9.17) is 9.26 Å². The van der Waals surface area contributed by atoms with Crippen LogP contribution in [0, 0.1) is 6.92 Å². The zero-order valence-corrected chi connectivity index (χ0v) is 15.6. The van der Waals surface area contributed by atoms with Gasteiger partial charge in [-0.25, -0.2) is 0 Å². The third-order valence-corrected chi connectivity index (χ3v) is 4.53. The summed E-state index contributed by atoms with van der Waals surface area (Å²) >= 11 is 0. The largest absolute Gasteiger partial charge is 0.491 e. The summed E-state index contributed by atoms with van der Waals surface area (Å²) in [5, 5.41) is 3.90. The van der Waals surface area contributed by atoms with Crippen LogP contribution < -0.4 is 4.74 Å². The Kier molecular flexibility index (Phi) is 5.71. The molecule has 25 heavy (non-hydrogen) atoms. The van der Waals surface area contributed by atoms with E-state index in [0.29, 0.717) is 11.7 Å². The maximum atomic E-state index is 5.79. The second kappa shape index (κ2) is 7.97. The van der Waals surface area contributed by atoms with Crippen molar-refractivity contribution < 1.29 is 9.26 Å². The molecule has 6 nitrogen and oxygen atoms in total. The molecule has 1 aliphatic heterocycles. The third-order valence-electron chi connectivity index (χ3n) is 4.53. The highest BCUT2D eigenvalue weighted by atomic mass is 16.5. The van der Waals surface area contributed by atoms with Crippen molar-refractivity contribution in [2.45, 2.75) is 46.4 Å². The lowest BCUT2D eigenvalue weighted by atomic mass is 10.1. The van der Waals surface area contributed by atoms with Crippen LogP contribution in [-0.4, -0.2) is 52.2 Å². The monoisotopic (exact) mass is 344 g/mol. The fourth-order valence-corrected chi connectivity index (χ4v) is 3.20. The van der Waals surface area contributed by atoms with E-state index in [2.05, 4.69) is 58.9 Å². The molecule has 2 aromatic rings. The van der Waals surface area contributed by atoms with E-state index in [9.17, 15) is 0 Å². The highest BCUT2D eigenvalue weighted by Crippen LogP contribution is 2.21. The average Bonchev–Trinajstić information content (AvgIpc) is 3.01. The van der Waals surface area contributed by atoms with Crippen LogP contribution in [0.5, 0.6) is 5.75 Å².